The van der Waals surface area contributed by atoms with Gasteiger partial charge < -0.3 is 19.7 Å². The Kier molecular flexibility index (Phi) is 6.16. The summed E-state index contributed by atoms with van der Waals surface area (Å²) < 4.78 is 11.6. The molecule has 7 heteroatoms. The molecule has 1 unspecified atom stereocenters. The second-order valence-electron chi connectivity index (χ2n) is 7.02. The van der Waals surface area contributed by atoms with E-state index in [1.54, 1.807) is 38.4 Å². The molecule has 1 N–H and O–H groups in total. The van der Waals surface area contributed by atoms with E-state index in [0.717, 1.165) is 11.5 Å². The Bertz CT molecular complexity index is 836. The maximum Gasteiger partial charge on any atom is 0.253 e. The molecule has 0 radical (unpaired) electrons. The molecule has 148 valence electrons. The van der Waals surface area contributed by atoms with Gasteiger partial charge in [-0.3, -0.25) is 14.5 Å². The van der Waals surface area contributed by atoms with Gasteiger partial charge in [0.15, 0.2) is 11.5 Å². The van der Waals surface area contributed by atoms with Gasteiger partial charge in [-0.05, 0) is 43.4 Å². The first kappa shape index (κ1) is 19.7. The van der Waals surface area contributed by atoms with Crippen LogP contribution in [0.2, 0.25) is 0 Å². The molecule has 2 aromatic carbocycles. The summed E-state index contributed by atoms with van der Waals surface area (Å²) in [5.41, 5.74) is 1.23. The smallest absolute Gasteiger partial charge is 0.253 e. The Morgan fingerprint density at radius 3 is 2.39 bits per heavy atom. The minimum Gasteiger partial charge on any atom is -0.486 e. The third-order valence-electron chi connectivity index (χ3n) is 4.32. The van der Waals surface area contributed by atoms with Crippen LogP contribution in [0.5, 0.6) is 11.5 Å². The van der Waals surface area contributed by atoms with E-state index in [1.165, 1.54) is 4.90 Å². The van der Waals surface area contributed by atoms with Crippen molar-refractivity contribution in [3.05, 3.63) is 54.1 Å². The number of likely N-dealkylation sites (N-methyl/N-ethyl adjacent to an activating group) is 1. The molecule has 1 aliphatic rings. The highest BCUT2D eigenvalue weighted by Crippen LogP contribution is 2.30. The molecule has 0 aromatic heterocycles. The van der Waals surface area contributed by atoms with E-state index in [0.29, 0.717) is 24.4 Å². The molecule has 0 saturated carbocycles. The lowest BCUT2D eigenvalue weighted by Crippen LogP contribution is -2.42. The number of amides is 2. The molecule has 0 spiro atoms. The molecule has 28 heavy (non-hydrogen) atoms. The van der Waals surface area contributed by atoms with Crippen molar-refractivity contribution in [1.29, 1.82) is 0 Å². The zero-order valence-electron chi connectivity index (χ0n) is 16.3. The number of carbonyl (C=O) groups excluding carboxylic acids is 2. The SMILES string of the molecule is CN(CC(=O)Nc1ccc(C(=O)N(C)C)cc1)CC1COc2ccccc2O1. The monoisotopic (exact) mass is 383 g/mol. The zero-order chi connectivity index (χ0) is 20.1. The molecule has 2 aromatic rings. The van der Waals surface area contributed by atoms with Crippen molar-refractivity contribution in [2.45, 2.75) is 6.10 Å². The number of rotatable bonds is 6. The fourth-order valence-electron chi connectivity index (χ4n) is 2.97. The van der Waals surface area contributed by atoms with Crippen LogP contribution in [0, 0.1) is 0 Å². The van der Waals surface area contributed by atoms with Gasteiger partial charge in [-0.25, -0.2) is 0 Å². The summed E-state index contributed by atoms with van der Waals surface area (Å²) >= 11 is 0. The van der Waals surface area contributed by atoms with Gasteiger partial charge in [0, 0.05) is 31.9 Å². The molecular formula is C21H25N3O4. The van der Waals surface area contributed by atoms with E-state index >= 15 is 0 Å². The number of anilines is 1. The van der Waals surface area contributed by atoms with Gasteiger partial charge in [0.2, 0.25) is 5.91 Å². The quantitative estimate of drug-likeness (QED) is 0.827. The highest BCUT2D eigenvalue weighted by Gasteiger charge is 2.22. The molecule has 0 fully saturated rings. The largest absolute Gasteiger partial charge is 0.486 e. The normalized spacial score (nSPS) is 15.2. The lowest BCUT2D eigenvalue weighted by atomic mass is 10.2. The fraction of sp³-hybridized carbons (Fsp3) is 0.333. The van der Waals surface area contributed by atoms with E-state index in [4.69, 9.17) is 9.47 Å². The number of ether oxygens (including phenoxy) is 2. The highest BCUT2D eigenvalue weighted by atomic mass is 16.6. The van der Waals surface area contributed by atoms with Crippen LogP contribution in [0.25, 0.3) is 0 Å². The van der Waals surface area contributed by atoms with Crippen LogP contribution in [0.3, 0.4) is 0 Å². The molecule has 0 aliphatic carbocycles. The van der Waals surface area contributed by atoms with Gasteiger partial charge in [-0.1, -0.05) is 12.1 Å². The average Bonchev–Trinajstić information content (AvgIpc) is 2.67. The Morgan fingerprint density at radius 2 is 1.71 bits per heavy atom. The Hall–Kier alpha value is -3.06. The summed E-state index contributed by atoms with van der Waals surface area (Å²) in [5, 5.41) is 2.84. The van der Waals surface area contributed by atoms with Crippen molar-refractivity contribution in [3.63, 3.8) is 0 Å². The van der Waals surface area contributed by atoms with Crippen molar-refractivity contribution in [1.82, 2.24) is 9.80 Å². The summed E-state index contributed by atoms with van der Waals surface area (Å²) in [6.45, 7) is 1.24. The first-order valence-corrected chi connectivity index (χ1v) is 9.11. The number of hydrogen-bond donors (Lipinski definition) is 1. The third-order valence-corrected chi connectivity index (χ3v) is 4.32. The lowest BCUT2D eigenvalue weighted by Gasteiger charge is -2.29. The van der Waals surface area contributed by atoms with Crippen LogP contribution in [0.4, 0.5) is 5.69 Å². The first-order valence-electron chi connectivity index (χ1n) is 9.11. The molecule has 0 saturated heterocycles. The number of benzene rings is 2. The standard InChI is InChI=1S/C21H25N3O4/c1-23(2)21(26)15-8-10-16(11-9-15)22-20(25)13-24(3)12-17-14-27-18-6-4-5-7-19(18)28-17/h4-11,17H,12-14H2,1-3H3,(H,22,25). The number of fused-ring (bicyclic) bond motifs is 1. The summed E-state index contributed by atoms with van der Waals surface area (Å²) in [4.78, 5) is 27.6. The second-order valence-corrected chi connectivity index (χ2v) is 7.02. The maximum absolute atomic E-state index is 12.3. The van der Waals surface area contributed by atoms with Gasteiger partial charge in [-0.2, -0.15) is 0 Å². The van der Waals surface area contributed by atoms with E-state index < -0.39 is 0 Å². The number of carbonyl (C=O) groups is 2. The summed E-state index contributed by atoms with van der Waals surface area (Å²) in [6.07, 6.45) is -0.135. The van der Waals surface area contributed by atoms with Crippen LogP contribution in [0.15, 0.2) is 48.5 Å². The van der Waals surface area contributed by atoms with Crippen molar-refractivity contribution in [2.24, 2.45) is 0 Å². The van der Waals surface area contributed by atoms with Gasteiger partial charge in [0.05, 0.1) is 6.54 Å². The molecule has 1 atom stereocenters. The minimum atomic E-state index is -0.135. The van der Waals surface area contributed by atoms with Crippen molar-refractivity contribution in [3.8, 4) is 11.5 Å². The first-order chi connectivity index (χ1) is 13.4. The van der Waals surface area contributed by atoms with E-state index in [1.807, 2.05) is 36.2 Å². The number of nitrogens with one attached hydrogen (secondary N) is 1. The topological polar surface area (TPSA) is 71.1 Å². The predicted molar refractivity (Wildman–Crippen MR) is 107 cm³/mol. The molecule has 1 heterocycles. The van der Waals surface area contributed by atoms with Crippen molar-refractivity contribution < 1.29 is 19.1 Å². The van der Waals surface area contributed by atoms with Crippen LogP contribution >= 0.6 is 0 Å². The van der Waals surface area contributed by atoms with Gasteiger partial charge in [0.1, 0.15) is 12.7 Å². The van der Waals surface area contributed by atoms with Crippen molar-refractivity contribution in [2.75, 3.05) is 46.2 Å². The van der Waals surface area contributed by atoms with E-state index in [9.17, 15) is 9.59 Å². The highest BCUT2D eigenvalue weighted by molar-refractivity contribution is 5.96. The number of hydrogen-bond acceptors (Lipinski definition) is 5. The van der Waals surface area contributed by atoms with Gasteiger partial charge in [-0.15, -0.1) is 0 Å². The third kappa shape index (κ3) is 5.01. The number of nitrogens with zero attached hydrogens (tertiary/aromatic N) is 2. The van der Waals surface area contributed by atoms with E-state index in [2.05, 4.69) is 5.32 Å². The molecule has 0 bridgehead atoms. The lowest BCUT2D eigenvalue weighted by molar-refractivity contribution is -0.117. The molecule has 3 rings (SSSR count). The second kappa shape index (κ2) is 8.75. The Morgan fingerprint density at radius 1 is 1.04 bits per heavy atom. The summed E-state index contributed by atoms with van der Waals surface area (Å²) in [7, 11) is 5.27. The predicted octanol–water partition coefficient (Wildman–Crippen LogP) is 2.10. The minimum absolute atomic E-state index is 0.0751. The summed E-state index contributed by atoms with van der Waals surface area (Å²) in [6, 6.07) is 14.4. The fourth-order valence-corrected chi connectivity index (χ4v) is 2.97. The van der Waals surface area contributed by atoms with Crippen LogP contribution in [0.1, 0.15) is 10.4 Å². The van der Waals surface area contributed by atoms with Gasteiger partial charge in [0.25, 0.3) is 5.91 Å². The zero-order valence-corrected chi connectivity index (χ0v) is 16.3. The molecule has 2 amide bonds. The molecule has 1 aliphatic heterocycles. The van der Waals surface area contributed by atoms with Crippen LogP contribution < -0.4 is 14.8 Å². The average molecular weight is 383 g/mol. The van der Waals surface area contributed by atoms with Crippen LogP contribution in [-0.2, 0) is 4.79 Å². The molecular weight excluding hydrogens is 358 g/mol. The van der Waals surface area contributed by atoms with Gasteiger partial charge >= 0.3 is 0 Å². The van der Waals surface area contributed by atoms with Crippen LogP contribution in [-0.4, -0.2) is 68.6 Å². The maximum atomic E-state index is 12.3. The Balaban J connectivity index is 1.48. The number of para-hydroxylation sites is 2. The summed E-state index contributed by atoms with van der Waals surface area (Å²) in [5.74, 6) is 1.26. The van der Waals surface area contributed by atoms with E-state index in [-0.39, 0.29) is 24.5 Å². The van der Waals surface area contributed by atoms with Crippen molar-refractivity contribution >= 4 is 17.5 Å². The molecule has 7 nitrogen and oxygen atoms in total. The Labute approximate surface area is 164 Å².